The number of rotatable bonds is 3. The topological polar surface area (TPSA) is 28.2 Å². The molecular formula is C16H24ClN3. The summed E-state index contributed by atoms with van der Waals surface area (Å²) in [5.41, 5.74) is 0. The Morgan fingerprint density at radius 1 is 1.00 bits per heavy atom. The van der Waals surface area contributed by atoms with Gasteiger partial charge in [0.15, 0.2) is 0 Å². The zero-order valence-electron chi connectivity index (χ0n) is 12.0. The van der Waals surface area contributed by atoms with Crippen molar-refractivity contribution in [1.29, 1.82) is 0 Å². The van der Waals surface area contributed by atoms with E-state index in [9.17, 15) is 0 Å². The van der Waals surface area contributed by atoms with Crippen molar-refractivity contribution >= 4 is 17.4 Å². The molecule has 0 aromatic carbocycles. The Bertz CT molecular complexity index is 406. The molecule has 1 saturated heterocycles. The van der Waals surface area contributed by atoms with Gasteiger partial charge in [-0.1, -0.05) is 30.9 Å². The molecule has 2 heterocycles. The van der Waals surface area contributed by atoms with Gasteiger partial charge in [0.1, 0.15) is 5.82 Å². The van der Waals surface area contributed by atoms with Gasteiger partial charge in [-0.25, -0.2) is 4.98 Å². The van der Waals surface area contributed by atoms with E-state index in [1.807, 2.05) is 12.1 Å². The first-order chi connectivity index (χ1) is 9.81. The van der Waals surface area contributed by atoms with Crippen LogP contribution in [0.5, 0.6) is 0 Å². The van der Waals surface area contributed by atoms with Crippen molar-refractivity contribution in [2.75, 3.05) is 18.0 Å². The molecule has 20 heavy (non-hydrogen) atoms. The highest BCUT2D eigenvalue weighted by Gasteiger charge is 2.23. The molecule has 0 atom stereocenters. The summed E-state index contributed by atoms with van der Waals surface area (Å²) in [5, 5.41) is 4.58. The predicted molar refractivity (Wildman–Crippen MR) is 84.5 cm³/mol. The highest BCUT2D eigenvalue weighted by Crippen LogP contribution is 2.22. The quantitative estimate of drug-likeness (QED) is 0.922. The van der Waals surface area contributed by atoms with Crippen molar-refractivity contribution in [2.45, 2.75) is 57.0 Å². The summed E-state index contributed by atoms with van der Waals surface area (Å²) in [7, 11) is 0. The van der Waals surface area contributed by atoms with Crippen LogP contribution in [-0.2, 0) is 0 Å². The molecule has 1 aliphatic heterocycles. The third-order valence-corrected chi connectivity index (χ3v) is 4.83. The van der Waals surface area contributed by atoms with E-state index in [1.165, 1.54) is 44.9 Å². The SMILES string of the molecule is Clc1ccc(N2CCC(NC3CCCCC3)CC2)nc1. The first-order valence-corrected chi connectivity index (χ1v) is 8.31. The van der Waals surface area contributed by atoms with Crippen LogP contribution < -0.4 is 10.2 Å². The Kier molecular flexibility index (Phi) is 4.79. The van der Waals surface area contributed by atoms with Gasteiger partial charge in [-0.2, -0.15) is 0 Å². The van der Waals surface area contributed by atoms with Crippen LogP contribution in [0.25, 0.3) is 0 Å². The molecular weight excluding hydrogens is 270 g/mol. The van der Waals surface area contributed by atoms with Crippen LogP contribution in [-0.4, -0.2) is 30.2 Å². The molecule has 110 valence electrons. The number of anilines is 1. The van der Waals surface area contributed by atoms with E-state index < -0.39 is 0 Å². The maximum atomic E-state index is 5.89. The normalized spacial score (nSPS) is 22.1. The van der Waals surface area contributed by atoms with Crippen LogP contribution in [0.1, 0.15) is 44.9 Å². The average Bonchev–Trinajstić information content (AvgIpc) is 2.50. The smallest absolute Gasteiger partial charge is 0.128 e. The van der Waals surface area contributed by atoms with Crippen LogP contribution in [0.15, 0.2) is 18.3 Å². The molecule has 4 heteroatoms. The summed E-state index contributed by atoms with van der Waals surface area (Å²) < 4.78 is 0. The third kappa shape index (κ3) is 3.64. The van der Waals surface area contributed by atoms with Gasteiger partial charge in [0, 0.05) is 31.4 Å². The second kappa shape index (κ2) is 6.77. The molecule has 0 bridgehead atoms. The molecule has 2 fully saturated rings. The maximum Gasteiger partial charge on any atom is 0.128 e. The van der Waals surface area contributed by atoms with E-state index in [4.69, 9.17) is 11.6 Å². The van der Waals surface area contributed by atoms with Gasteiger partial charge in [0.25, 0.3) is 0 Å². The zero-order valence-corrected chi connectivity index (χ0v) is 12.8. The van der Waals surface area contributed by atoms with Crippen molar-refractivity contribution in [2.24, 2.45) is 0 Å². The van der Waals surface area contributed by atoms with Gasteiger partial charge in [0.05, 0.1) is 5.02 Å². The molecule has 3 nitrogen and oxygen atoms in total. The molecule has 1 aliphatic carbocycles. The summed E-state index contributed by atoms with van der Waals surface area (Å²) in [6.45, 7) is 2.19. The number of nitrogens with zero attached hydrogens (tertiary/aromatic N) is 2. The lowest BCUT2D eigenvalue weighted by Gasteiger charge is -2.36. The van der Waals surface area contributed by atoms with E-state index in [1.54, 1.807) is 6.20 Å². The third-order valence-electron chi connectivity index (χ3n) is 4.61. The van der Waals surface area contributed by atoms with Gasteiger partial charge in [0.2, 0.25) is 0 Å². The first-order valence-electron chi connectivity index (χ1n) is 7.94. The lowest BCUT2D eigenvalue weighted by atomic mass is 9.93. The first kappa shape index (κ1) is 14.2. The second-order valence-electron chi connectivity index (χ2n) is 6.10. The number of hydrogen-bond acceptors (Lipinski definition) is 3. The number of pyridine rings is 1. The number of hydrogen-bond donors (Lipinski definition) is 1. The minimum atomic E-state index is 0.696. The van der Waals surface area contributed by atoms with Gasteiger partial charge in [-0.05, 0) is 37.8 Å². The van der Waals surface area contributed by atoms with E-state index >= 15 is 0 Å². The zero-order chi connectivity index (χ0) is 13.8. The van der Waals surface area contributed by atoms with Gasteiger partial charge in [-0.3, -0.25) is 0 Å². The molecule has 0 amide bonds. The fourth-order valence-corrected chi connectivity index (χ4v) is 3.54. The monoisotopic (exact) mass is 293 g/mol. The summed E-state index contributed by atoms with van der Waals surface area (Å²) in [5.74, 6) is 1.06. The highest BCUT2D eigenvalue weighted by molar-refractivity contribution is 6.30. The van der Waals surface area contributed by atoms with Crippen molar-refractivity contribution in [3.8, 4) is 0 Å². The second-order valence-corrected chi connectivity index (χ2v) is 6.53. The average molecular weight is 294 g/mol. The van der Waals surface area contributed by atoms with Crippen molar-refractivity contribution < 1.29 is 0 Å². The summed E-state index contributed by atoms with van der Waals surface area (Å²) >= 11 is 5.89. The predicted octanol–water partition coefficient (Wildman–Crippen LogP) is 3.63. The molecule has 0 unspecified atom stereocenters. The standard InChI is InChI=1S/C16H24ClN3/c17-13-6-7-16(18-12-13)20-10-8-15(9-11-20)19-14-4-2-1-3-5-14/h6-7,12,14-15,19H,1-5,8-11H2. The minimum absolute atomic E-state index is 0.696. The minimum Gasteiger partial charge on any atom is -0.357 e. The fourth-order valence-electron chi connectivity index (χ4n) is 3.43. The Morgan fingerprint density at radius 2 is 1.70 bits per heavy atom. The van der Waals surface area contributed by atoms with Crippen LogP contribution >= 0.6 is 11.6 Å². The summed E-state index contributed by atoms with van der Waals surface area (Å²) in [4.78, 5) is 6.79. The highest BCUT2D eigenvalue weighted by atomic mass is 35.5. The summed E-state index contributed by atoms with van der Waals surface area (Å²) in [6.07, 6.45) is 11.2. The van der Waals surface area contributed by atoms with Crippen LogP contribution in [0.3, 0.4) is 0 Å². The summed E-state index contributed by atoms with van der Waals surface area (Å²) in [6, 6.07) is 5.42. The van der Waals surface area contributed by atoms with E-state index in [-0.39, 0.29) is 0 Å². The number of nitrogens with one attached hydrogen (secondary N) is 1. The molecule has 0 spiro atoms. The van der Waals surface area contributed by atoms with Crippen LogP contribution in [0, 0.1) is 0 Å². The fraction of sp³-hybridized carbons (Fsp3) is 0.688. The van der Waals surface area contributed by atoms with E-state index in [0.29, 0.717) is 11.1 Å². The molecule has 1 aromatic heterocycles. The molecule has 3 rings (SSSR count). The molecule has 1 aromatic rings. The number of halogens is 1. The van der Waals surface area contributed by atoms with Gasteiger partial charge in [-0.15, -0.1) is 0 Å². The Hall–Kier alpha value is -0.800. The van der Waals surface area contributed by atoms with Crippen LogP contribution in [0.4, 0.5) is 5.82 Å². The molecule has 0 radical (unpaired) electrons. The van der Waals surface area contributed by atoms with Crippen molar-refractivity contribution in [1.82, 2.24) is 10.3 Å². The van der Waals surface area contributed by atoms with E-state index in [2.05, 4.69) is 15.2 Å². The lowest BCUT2D eigenvalue weighted by Crippen LogP contribution is -2.46. The van der Waals surface area contributed by atoms with Gasteiger partial charge < -0.3 is 10.2 Å². The number of piperidine rings is 1. The Morgan fingerprint density at radius 3 is 2.35 bits per heavy atom. The Labute approximate surface area is 126 Å². The number of aromatic nitrogens is 1. The maximum absolute atomic E-state index is 5.89. The van der Waals surface area contributed by atoms with Crippen LogP contribution in [0.2, 0.25) is 5.02 Å². The van der Waals surface area contributed by atoms with Crippen molar-refractivity contribution in [3.05, 3.63) is 23.4 Å². The van der Waals surface area contributed by atoms with Crippen molar-refractivity contribution in [3.63, 3.8) is 0 Å². The van der Waals surface area contributed by atoms with Gasteiger partial charge >= 0.3 is 0 Å². The Balaban J connectivity index is 1.47. The molecule has 1 saturated carbocycles. The lowest BCUT2D eigenvalue weighted by molar-refractivity contribution is 0.307. The van der Waals surface area contributed by atoms with E-state index in [0.717, 1.165) is 24.9 Å². The largest absolute Gasteiger partial charge is 0.357 e. The molecule has 2 aliphatic rings. The molecule has 1 N–H and O–H groups in total.